The first-order valence-electron chi connectivity index (χ1n) is 1.51. The molecule has 0 saturated heterocycles. The fraction of sp³-hybridized carbons (Fsp3) is 1.00. The van der Waals surface area contributed by atoms with Crippen LogP contribution in [-0.4, -0.2) is 10.0 Å². The van der Waals surface area contributed by atoms with Crippen molar-refractivity contribution in [1.82, 2.24) is 0 Å². The van der Waals surface area contributed by atoms with Gasteiger partial charge in [0.2, 0.25) is 8.03 Å². The number of alkyl halides is 1. The van der Waals surface area contributed by atoms with Gasteiger partial charge < -0.3 is 4.89 Å². The Labute approximate surface area is 42.0 Å². The van der Waals surface area contributed by atoms with E-state index in [1.54, 1.807) is 0 Å². The third-order valence-electron chi connectivity index (χ3n) is 0.340. The molecule has 0 aliphatic carbocycles. The zero-order valence-electron chi connectivity index (χ0n) is 3.31. The lowest BCUT2D eigenvalue weighted by atomic mass is 11.0. The molecule has 2 nitrogen and oxygen atoms in total. The second-order valence-electron chi connectivity index (χ2n) is 0.954. The lowest BCUT2D eigenvalue weighted by Gasteiger charge is -1.89. The third-order valence-corrected chi connectivity index (χ3v) is 1.58. The molecule has 0 bridgehead atoms. The smallest absolute Gasteiger partial charge is 0.206 e. The van der Waals surface area contributed by atoms with Gasteiger partial charge in [0.15, 0.2) is 0 Å². The molecule has 4 heteroatoms. The topological polar surface area (TPSA) is 37.3 Å². The van der Waals surface area contributed by atoms with E-state index in [1.807, 2.05) is 0 Å². The van der Waals surface area contributed by atoms with Crippen molar-refractivity contribution in [3.8, 4) is 0 Å². The first-order chi connectivity index (χ1) is 2.64. The molecule has 0 fully saturated rings. The highest BCUT2D eigenvalue weighted by molar-refractivity contribution is 7.41. The molecule has 0 aliphatic rings. The highest BCUT2D eigenvalue weighted by Gasteiger charge is 1.98. The first kappa shape index (κ1) is 6.48. The Hall–Kier alpha value is 0.480. The highest BCUT2D eigenvalue weighted by Crippen LogP contribution is 2.23. The fourth-order valence-electron chi connectivity index (χ4n) is 0. The van der Waals surface area contributed by atoms with Gasteiger partial charge in [-0.15, -0.1) is 11.6 Å². The van der Waals surface area contributed by atoms with Crippen LogP contribution in [-0.2, 0) is 4.57 Å². The van der Waals surface area contributed by atoms with E-state index in [-0.39, 0.29) is 0 Å². The lowest BCUT2D eigenvalue weighted by molar-refractivity contribution is 0.501. The van der Waals surface area contributed by atoms with Gasteiger partial charge in [-0.1, -0.05) is 0 Å². The van der Waals surface area contributed by atoms with E-state index in [2.05, 4.69) is 0 Å². The Morgan fingerprint density at radius 1 is 2.00 bits per heavy atom. The van der Waals surface area contributed by atoms with Gasteiger partial charge in [-0.2, -0.15) is 0 Å². The van der Waals surface area contributed by atoms with E-state index in [1.165, 1.54) is 6.92 Å². The minimum Gasteiger partial charge on any atom is -0.345 e. The van der Waals surface area contributed by atoms with Crippen LogP contribution in [0.3, 0.4) is 0 Å². The maximum atomic E-state index is 9.75. The van der Waals surface area contributed by atoms with E-state index in [0.29, 0.717) is 0 Å². The average molecular weight is 128 g/mol. The van der Waals surface area contributed by atoms with Crippen LogP contribution in [0.5, 0.6) is 0 Å². The molecule has 0 radical (unpaired) electrons. The van der Waals surface area contributed by atoms with Crippen molar-refractivity contribution in [2.45, 2.75) is 12.0 Å². The van der Waals surface area contributed by atoms with Gasteiger partial charge in [0.25, 0.3) is 0 Å². The predicted octanol–water partition coefficient (Wildman–Crippen LogP) is 1.04. The van der Waals surface area contributed by atoms with Gasteiger partial charge >= 0.3 is 0 Å². The molecule has 0 spiro atoms. The molecule has 1 N–H and O–H groups in total. The molecule has 6 heavy (non-hydrogen) atoms. The van der Waals surface area contributed by atoms with E-state index in [9.17, 15) is 4.57 Å². The normalized spacial score (nSPS) is 19.8. The number of halogens is 1. The average Bonchev–Trinajstić information content (AvgIpc) is 1.36. The van der Waals surface area contributed by atoms with Gasteiger partial charge in [-0.3, -0.25) is 4.57 Å². The number of hydrogen-bond acceptors (Lipinski definition) is 1. The molecule has 2 unspecified atom stereocenters. The molecule has 0 saturated carbocycles. The summed E-state index contributed by atoms with van der Waals surface area (Å²) in [6.07, 6.45) is 0. The SMILES string of the molecule is CC(Cl)[PH](=O)O. The summed E-state index contributed by atoms with van der Waals surface area (Å²) in [5.41, 5.74) is 0. The molecule has 0 aromatic heterocycles. The molecule has 0 rings (SSSR count). The van der Waals surface area contributed by atoms with Crippen LogP contribution in [0.2, 0.25) is 0 Å². The minimum atomic E-state index is -2.44. The van der Waals surface area contributed by atoms with Crippen molar-refractivity contribution < 1.29 is 9.46 Å². The van der Waals surface area contributed by atoms with Crippen LogP contribution in [0, 0.1) is 0 Å². The summed E-state index contributed by atoms with van der Waals surface area (Å²) in [7, 11) is -2.44. The van der Waals surface area contributed by atoms with E-state index in [4.69, 9.17) is 16.5 Å². The number of hydrogen-bond donors (Lipinski definition) is 1. The predicted molar refractivity (Wildman–Crippen MR) is 26.5 cm³/mol. The molecule has 2 atom stereocenters. The highest BCUT2D eigenvalue weighted by atomic mass is 35.5. The molecular weight excluding hydrogens is 122 g/mol. The Kier molecular flexibility index (Phi) is 2.83. The maximum Gasteiger partial charge on any atom is 0.206 e. The molecule has 38 valence electrons. The quantitative estimate of drug-likeness (QED) is 0.423. The van der Waals surface area contributed by atoms with Gasteiger partial charge in [-0.05, 0) is 6.92 Å². The van der Waals surface area contributed by atoms with Gasteiger partial charge in [0, 0.05) is 0 Å². The summed E-state index contributed by atoms with van der Waals surface area (Å²) < 4.78 is 9.75. The summed E-state index contributed by atoms with van der Waals surface area (Å²) in [5.74, 6) is 0. The summed E-state index contributed by atoms with van der Waals surface area (Å²) >= 11 is 5.10. The van der Waals surface area contributed by atoms with Crippen LogP contribution >= 0.6 is 19.6 Å². The second kappa shape index (κ2) is 2.62. The van der Waals surface area contributed by atoms with Crippen LogP contribution < -0.4 is 0 Å². The monoisotopic (exact) mass is 128 g/mol. The van der Waals surface area contributed by atoms with Crippen LogP contribution in [0.1, 0.15) is 6.92 Å². The van der Waals surface area contributed by atoms with Crippen molar-refractivity contribution in [1.29, 1.82) is 0 Å². The number of rotatable bonds is 1. The Bertz CT molecular complexity index is 62.6. The standard InChI is InChI=1S/C2H6ClO2P/c1-2(3)6(4)5/h2,6H,1H3,(H,4,5). The summed E-state index contributed by atoms with van der Waals surface area (Å²) in [6.45, 7) is 1.49. The van der Waals surface area contributed by atoms with Crippen molar-refractivity contribution in [2.75, 3.05) is 0 Å². The second-order valence-corrected chi connectivity index (χ2v) is 3.52. The Morgan fingerprint density at radius 3 is 2.17 bits per heavy atom. The summed E-state index contributed by atoms with van der Waals surface area (Å²) in [6, 6.07) is 0. The van der Waals surface area contributed by atoms with Crippen molar-refractivity contribution in [2.24, 2.45) is 0 Å². The van der Waals surface area contributed by atoms with Gasteiger partial charge in [0.05, 0.1) is 0 Å². The fourth-order valence-corrected chi connectivity index (χ4v) is 0. The summed E-state index contributed by atoms with van der Waals surface area (Å²) in [5, 5.41) is -0.574. The van der Waals surface area contributed by atoms with Crippen LogP contribution in [0.4, 0.5) is 0 Å². The van der Waals surface area contributed by atoms with Crippen LogP contribution in [0.15, 0.2) is 0 Å². The summed E-state index contributed by atoms with van der Waals surface area (Å²) in [4.78, 5) is 8.04. The molecular formula is C2H6ClO2P. The maximum absolute atomic E-state index is 9.75. The molecule has 0 aliphatic heterocycles. The van der Waals surface area contributed by atoms with Crippen molar-refractivity contribution in [3.05, 3.63) is 0 Å². The van der Waals surface area contributed by atoms with Crippen LogP contribution in [0.25, 0.3) is 0 Å². The molecule has 0 heterocycles. The lowest BCUT2D eigenvalue weighted by Crippen LogP contribution is -1.75. The van der Waals surface area contributed by atoms with Crippen molar-refractivity contribution >= 4 is 19.6 Å². The Morgan fingerprint density at radius 2 is 2.17 bits per heavy atom. The minimum absolute atomic E-state index is 0.574. The molecule has 0 amide bonds. The largest absolute Gasteiger partial charge is 0.345 e. The first-order valence-corrected chi connectivity index (χ1v) is 3.38. The van der Waals surface area contributed by atoms with Gasteiger partial charge in [-0.25, -0.2) is 0 Å². The zero-order chi connectivity index (χ0) is 5.15. The van der Waals surface area contributed by atoms with E-state index < -0.39 is 13.1 Å². The van der Waals surface area contributed by atoms with Gasteiger partial charge in [0.1, 0.15) is 5.12 Å². The molecule has 0 aromatic carbocycles. The molecule has 0 aromatic rings. The van der Waals surface area contributed by atoms with E-state index in [0.717, 1.165) is 0 Å². The Balaban J connectivity index is 3.26. The van der Waals surface area contributed by atoms with E-state index >= 15 is 0 Å². The zero-order valence-corrected chi connectivity index (χ0v) is 5.07. The van der Waals surface area contributed by atoms with Crippen molar-refractivity contribution in [3.63, 3.8) is 0 Å². The third kappa shape index (κ3) is 2.70.